The number of thiocarbonyl (C=S) groups is 1. The summed E-state index contributed by atoms with van der Waals surface area (Å²) in [6, 6.07) is 10.9. The number of nitrogens with zero attached hydrogens (tertiary/aromatic N) is 1. The van der Waals surface area contributed by atoms with Crippen LogP contribution in [-0.4, -0.2) is 22.0 Å². The highest BCUT2D eigenvalue weighted by atomic mass is 35.5. The second-order valence-corrected chi connectivity index (χ2v) is 9.29. The third-order valence-corrected chi connectivity index (χ3v) is 6.83. The molecule has 31 heavy (non-hydrogen) atoms. The van der Waals surface area contributed by atoms with E-state index in [4.69, 9.17) is 51.8 Å². The van der Waals surface area contributed by atoms with Gasteiger partial charge in [0.25, 0.3) is 5.91 Å². The average molecular weight is 496 g/mol. The number of hydrogen-bond donors (Lipinski definition) is 1. The Bertz CT molecular complexity index is 1050. The molecule has 2 fully saturated rings. The van der Waals surface area contributed by atoms with E-state index in [1.165, 1.54) is 6.42 Å². The third kappa shape index (κ3) is 5.17. The smallest absolute Gasteiger partial charge is 0.276 e. The van der Waals surface area contributed by atoms with E-state index in [0.29, 0.717) is 38.2 Å². The molecule has 0 radical (unpaired) electrons. The highest BCUT2D eigenvalue weighted by molar-refractivity contribution is 7.80. The van der Waals surface area contributed by atoms with Gasteiger partial charge in [-0.1, -0.05) is 66.2 Å². The van der Waals surface area contributed by atoms with Crippen LogP contribution >= 0.6 is 47.0 Å². The van der Waals surface area contributed by atoms with Gasteiger partial charge in [-0.05, 0) is 66.5 Å². The minimum atomic E-state index is -0.0760. The molecule has 1 amide bonds. The second kappa shape index (κ2) is 9.78. The largest absolute Gasteiger partial charge is 0.487 e. The fourth-order valence-electron chi connectivity index (χ4n) is 3.90. The molecule has 0 aromatic heterocycles. The van der Waals surface area contributed by atoms with E-state index in [1.54, 1.807) is 35.2 Å². The van der Waals surface area contributed by atoms with Crippen molar-refractivity contribution in [2.45, 2.75) is 44.8 Å². The minimum absolute atomic E-state index is 0.0760. The van der Waals surface area contributed by atoms with Crippen LogP contribution in [0.15, 0.2) is 42.1 Å². The summed E-state index contributed by atoms with van der Waals surface area (Å²) in [5.74, 6) is 0.466. The van der Waals surface area contributed by atoms with Gasteiger partial charge in [-0.2, -0.15) is 0 Å². The lowest BCUT2D eigenvalue weighted by Crippen LogP contribution is -2.41. The maximum absolute atomic E-state index is 12.9. The van der Waals surface area contributed by atoms with Crippen molar-refractivity contribution in [2.75, 3.05) is 0 Å². The monoisotopic (exact) mass is 494 g/mol. The fraction of sp³-hybridized carbons (Fsp3) is 0.304. The van der Waals surface area contributed by atoms with Gasteiger partial charge in [-0.25, -0.2) is 0 Å². The van der Waals surface area contributed by atoms with E-state index in [-0.39, 0.29) is 11.9 Å². The average Bonchev–Trinajstić information content (AvgIpc) is 3.03. The molecule has 0 bridgehead atoms. The van der Waals surface area contributed by atoms with Crippen LogP contribution in [0.25, 0.3) is 6.08 Å². The SMILES string of the molecule is O=C1/C(=C/c2ccc(OCc3ccc(Cl)c(Cl)c3)c(Cl)c2)NC(=S)N1C1CCCCC1. The van der Waals surface area contributed by atoms with Crippen LogP contribution in [0.5, 0.6) is 5.75 Å². The zero-order valence-electron chi connectivity index (χ0n) is 16.7. The number of ether oxygens (including phenoxy) is 1. The number of carbonyl (C=O) groups excluding carboxylic acids is 1. The van der Waals surface area contributed by atoms with Crippen LogP contribution < -0.4 is 10.1 Å². The summed E-state index contributed by atoms with van der Waals surface area (Å²) in [5, 5.41) is 4.97. The maximum Gasteiger partial charge on any atom is 0.276 e. The van der Waals surface area contributed by atoms with Gasteiger partial charge in [0.05, 0.1) is 15.1 Å². The Morgan fingerprint density at radius 2 is 1.81 bits per heavy atom. The highest BCUT2D eigenvalue weighted by Gasteiger charge is 2.36. The molecule has 8 heteroatoms. The Kier molecular flexibility index (Phi) is 7.07. The molecule has 2 aliphatic rings. The van der Waals surface area contributed by atoms with Crippen LogP contribution in [0.3, 0.4) is 0 Å². The molecule has 162 valence electrons. The number of carbonyl (C=O) groups is 1. The lowest BCUT2D eigenvalue weighted by Gasteiger charge is -2.29. The van der Waals surface area contributed by atoms with Crippen LogP contribution in [0.2, 0.25) is 15.1 Å². The molecule has 1 heterocycles. The summed E-state index contributed by atoms with van der Waals surface area (Å²) < 4.78 is 5.81. The number of halogens is 3. The Morgan fingerprint density at radius 1 is 1.03 bits per heavy atom. The number of amides is 1. The van der Waals surface area contributed by atoms with Crippen LogP contribution in [0, 0.1) is 0 Å². The van der Waals surface area contributed by atoms with Crippen molar-refractivity contribution in [1.29, 1.82) is 0 Å². The predicted octanol–water partition coefficient (Wildman–Crippen LogP) is 6.62. The van der Waals surface area contributed by atoms with Gasteiger partial charge in [0.1, 0.15) is 18.1 Å². The fourth-order valence-corrected chi connectivity index (χ4v) is 4.81. The molecule has 1 saturated carbocycles. The Balaban J connectivity index is 1.45. The zero-order chi connectivity index (χ0) is 22.0. The number of hydrogen-bond acceptors (Lipinski definition) is 3. The molecule has 0 atom stereocenters. The maximum atomic E-state index is 12.9. The molecule has 1 N–H and O–H groups in total. The van der Waals surface area contributed by atoms with Gasteiger partial charge in [0.2, 0.25) is 0 Å². The van der Waals surface area contributed by atoms with Gasteiger partial charge in [0, 0.05) is 6.04 Å². The quantitative estimate of drug-likeness (QED) is 0.374. The van der Waals surface area contributed by atoms with E-state index in [9.17, 15) is 4.79 Å². The Morgan fingerprint density at radius 3 is 2.52 bits per heavy atom. The molecule has 2 aromatic carbocycles. The number of benzene rings is 2. The van der Waals surface area contributed by atoms with Crippen molar-refractivity contribution in [1.82, 2.24) is 10.2 Å². The molecule has 1 aliphatic heterocycles. The van der Waals surface area contributed by atoms with Gasteiger partial charge in [-0.3, -0.25) is 9.69 Å². The van der Waals surface area contributed by atoms with Gasteiger partial charge in [-0.15, -0.1) is 0 Å². The highest BCUT2D eigenvalue weighted by Crippen LogP contribution is 2.30. The van der Waals surface area contributed by atoms with Crippen molar-refractivity contribution < 1.29 is 9.53 Å². The molecule has 0 unspecified atom stereocenters. The summed E-state index contributed by atoms with van der Waals surface area (Å²) in [4.78, 5) is 14.6. The first-order chi connectivity index (χ1) is 14.9. The summed E-state index contributed by atoms with van der Waals surface area (Å²) >= 11 is 23.8. The molecule has 0 spiro atoms. The Hall–Kier alpha value is -1.79. The lowest BCUT2D eigenvalue weighted by molar-refractivity contribution is -0.124. The molecule has 1 aliphatic carbocycles. The normalized spacial score (nSPS) is 18.5. The molecular formula is C23H21Cl3N2O2S. The van der Waals surface area contributed by atoms with Crippen LogP contribution in [-0.2, 0) is 11.4 Å². The summed E-state index contributed by atoms with van der Waals surface area (Å²) in [6.45, 7) is 0.307. The van der Waals surface area contributed by atoms with Crippen molar-refractivity contribution in [3.8, 4) is 5.75 Å². The van der Waals surface area contributed by atoms with Crippen LogP contribution in [0.4, 0.5) is 0 Å². The summed E-state index contributed by atoms with van der Waals surface area (Å²) in [7, 11) is 0. The zero-order valence-corrected chi connectivity index (χ0v) is 19.8. The van der Waals surface area contributed by atoms with Crippen molar-refractivity contribution in [2.24, 2.45) is 0 Å². The van der Waals surface area contributed by atoms with Crippen LogP contribution in [0.1, 0.15) is 43.2 Å². The van der Waals surface area contributed by atoms with Gasteiger partial charge in [0.15, 0.2) is 5.11 Å². The minimum Gasteiger partial charge on any atom is -0.487 e. The standard InChI is InChI=1S/C23H21Cl3N2O2S/c24-17-8-6-15(11-18(17)25)13-30-21-9-7-14(10-19(21)26)12-20-22(29)28(23(31)27-20)16-4-2-1-3-5-16/h6-12,16H,1-5,13H2,(H,27,31)/b20-12-. The van der Waals surface area contributed by atoms with Crippen molar-refractivity contribution >= 4 is 64.1 Å². The first-order valence-corrected chi connectivity index (χ1v) is 11.7. The van der Waals surface area contributed by atoms with Crippen molar-refractivity contribution in [3.05, 3.63) is 68.3 Å². The predicted molar refractivity (Wildman–Crippen MR) is 130 cm³/mol. The number of rotatable bonds is 5. The first kappa shape index (κ1) is 22.4. The van der Waals surface area contributed by atoms with E-state index in [1.807, 2.05) is 12.1 Å². The molecule has 2 aromatic rings. The van der Waals surface area contributed by atoms with Crippen molar-refractivity contribution in [3.63, 3.8) is 0 Å². The molecule has 1 saturated heterocycles. The van der Waals surface area contributed by atoms with Gasteiger partial charge < -0.3 is 10.1 Å². The summed E-state index contributed by atoms with van der Waals surface area (Å²) in [6.07, 6.45) is 7.26. The second-order valence-electron chi connectivity index (χ2n) is 7.68. The van der Waals surface area contributed by atoms with E-state index < -0.39 is 0 Å². The summed E-state index contributed by atoms with van der Waals surface area (Å²) in [5.41, 5.74) is 2.14. The molecular weight excluding hydrogens is 475 g/mol. The third-order valence-electron chi connectivity index (χ3n) is 5.49. The van der Waals surface area contributed by atoms with E-state index in [0.717, 1.165) is 36.8 Å². The van der Waals surface area contributed by atoms with Gasteiger partial charge >= 0.3 is 0 Å². The molecule has 4 nitrogen and oxygen atoms in total. The topological polar surface area (TPSA) is 41.6 Å². The number of nitrogens with one attached hydrogen (secondary N) is 1. The van der Waals surface area contributed by atoms with E-state index >= 15 is 0 Å². The lowest BCUT2D eigenvalue weighted by atomic mass is 9.94. The van der Waals surface area contributed by atoms with E-state index in [2.05, 4.69) is 5.32 Å². The Labute approximate surface area is 202 Å². The molecule has 4 rings (SSSR count). The first-order valence-electron chi connectivity index (χ1n) is 10.1.